The van der Waals surface area contributed by atoms with Crippen molar-refractivity contribution in [3.8, 4) is 11.5 Å². The lowest BCUT2D eigenvalue weighted by Crippen LogP contribution is -2.09. The van der Waals surface area contributed by atoms with Gasteiger partial charge in [0.25, 0.3) is 0 Å². The highest BCUT2D eigenvalue weighted by Gasteiger charge is 2.21. The summed E-state index contributed by atoms with van der Waals surface area (Å²) in [6, 6.07) is 0. The van der Waals surface area contributed by atoms with Gasteiger partial charge in [-0.1, -0.05) is 18.6 Å². The number of phenols is 1. The zero-order chi connectivity index (χ0) is 18.1. The van der Waals surface area contributed by atoms with Crippen molar-refractivity contribution in [2.75, 3.05) is 20.3 Å². The highest BCUT2D eigenvalue weighted by Crippen LogP contribution is 2.39. The van der Waals surface area contributed by atoms with Gasteiger partial charge in [-0.3, -0.25) is 0 Å². The van der Waals surface area contributed by atoms with Gasteiger partial charge < -0.3 is 24.8 Å². The number of aromatic hydroxyl groups is 1. The first-order chi connectivity index (χ1) is 11.5. The molecule has 0 atom stereocenters. The molecule has 5 heteroatoms. The van der Waals surface area contributed by atoms with Crippen LogP contribution in [0, 0.1) is 6.92 Å². The van der Waals surface area contributed by atoms with Crippen molar-refractivity contribution in [1.29, 1.82) is 0 Å². The monoisotopic (exact) mass is 338 g/mol. The Morgan fingerprint density at radius 3 is 2.29 bits per heavy atom. The van der Waals surface area contributed by atoms with Crippen molar-refractivity contribution < 1.29 is 24.8 Å². The van der Waals surface area contributed by atoms with Gasteiger partial charge in [-0.2, -0.15) is 0 Å². The summed E-state index contributed by atoms with van der Waals surface area (Å²) in [5.41, 5.74) is 3.54. The fraction of sp³-hybridized carbons (Fsp3) is 0.579. The number of methoxy groups -OCH3 is 1. The molecular weight excluding hydrogens is 308 g/mol. The molecule has 0 amide bonds. The van der Waals surface area contributed by atoms with E-state index in [0.717, 1.165) is 24.0 Å². The van der Waals surface area contributed by atoms with E-state index in [0.29, 0.717) is 36.5 Å². The van der Waals surface area contributed by atoms with E-state index in [9.17, 15) is 15.3 Å². The average Bonchev–Trinajstić information content (AvgIpc) is 2.59. The molecule has 0 fully saturated rings. The van der Waals surface area contributed by atoms with Gasteiger partial charge in [0.2, 0.25) is 0 Å². The molecule has 0 bridgehead atoms. The highest BCUT2D eigenvalue weighted by molar-refractivity contribution is 5.58. The van der Waals surface area contributed by atoms with Gasteiger partial charge in [-0.25, -0.2) is 0 Å². The van der Waals surface area contributed by atoms with Crippen LogP contribution in [0.5, 0.6) is 11.5 Å². The minimum Gasteiger partial charge on any atom is -0.507 e. The molecule has 136 valence electrons. The van der Waals surface area contributed by atoms with Crippen LogP contribution in [0.1, 0.15) is 48.9 Å². The van der Waals surface area contributed by atoms with Crippen LogP contribution in [0.25, 0.3) is 0 Å². The van der Waals surface area contributed by atoms with Crippen molar-refractivity contribution in [3.63, 3.8) is 0 Å². The van der Waals surface area contributed by atoms with E-state index in [1.165, 1.54) is 5.57 Å². The minimum atomic E-state index is -0.347. The lowest BCUT2D eigenvalue weighted by atomic mass is 9.93. The zero-order valence-corrected chi connectivity index (χ0v) is 15.2. The Morgan fingerprint density at radius 1 is 1.08 bits per heavy atom. The van der Waals surface area contributed by atoms with Gasteiger partial charge in [-0.05, 0) is 32.3 Å². The van der Waals surface area contributed by atoms with Crippen LogP contribution in [0.3, 0.4) is 0 Å². The Morgan fingerprint density at radius 2 is 1.75 bits per heavy atom. The Labute approximate surface area is 144 Å². The fourth-order valence-electron chi connectivity index (χ4n) is 2.58. The molecular formula is C19H30O5. The molecule has 0 aliphatic carbocycles. The van der Waals surface area contributed by atoms with Gasteiger partial charge in [-0.15, -0.1) is 0 Å². The number of benzene rings is 1. The molecule has 5 nitrogen and oxygen atoms in total. The van der Waals surface area contributed by atoms with E-state index in [2.05, 4.69) is 13.0 Å². The summed E-state index contributed by atoms with van der Waals surface area (Å²) >= 11 is 0. The average molecular weight is 338 g/mol. The van der Waals surface area contributed by atoms with Crippen LogP contribution in [-0.4, -0.2) is 35.6 Å². The van der Waals surface area contributed by atoms with Crippen LogP contribution < -0.4 is 4.74 Å². The molecule has 0 saturated carbocycles. The van der Waals surface area contributed by atoms with Gasteiger partial charge in [0.05, 0.1) is 19.8 Å². The first-order valence-corrected chi connectivity index (χ1v) is 8.36. The molecule has 1 aromatic carbocycles. The van der Waals surface area contributed by atoms with Crippen LogP contribution in [0.15, 0.2) is 11.6 Å². The quantitative estimate of drug-likeness (QED) is 0.451. The molecule has 0 radical (unpaired) electrons. The standard InChI is InChI=1S/C19H30O5/c1-5-13(2)7-8-15-14(3)19(24-10-6-9-23-4)17(12-21)16(11-20)18(15)22/h7,20-22H,5-6,8-12H2,1-4H3/b13-7+. The maximum absolute atomic E-state index is 10.5. The molecule has 0 saturated heterocycles. The van der Waals surface area contributed by atoms with E-state index >= 15 is 0 Å². The molecule has 0 aliphatic rings. The largest absolute Gasteiger partial charge is 0.507 e. The number of hydrogen-bond donors (Lipinski definition) is 3. The Balaban J connectivity index is 3.28. The topological polar surface area (TPSA) is 79.2 Å². The second kappa shape index (κ2) is 10.3. The normalized spacial score (nSPS) is 11.8. The minimum absolute atomic E-state index is 0.0449. The van der Waals surface area contributed by atoms with Gasteiger partial charge in [0, 0.05) is 36.8 Å². The lowest BCUT2D eigenvalue weighted by molar-refractivity contribution is 0.170. The van der Waals surface area contributed by atoms with Crippen LogP contribution in [-0.2, 0) is 24.4 Å². The first kappa shape index (κ1) is 20.5. The predicted molar refractivity (Wildman–Crippen MR) is 94.4 cm³/mol. The Bertz CT molecular complexity index is 564. The molecule has 0 spiro atoms. The molecule has 0 aromatic heterocycles. The molecule has 0 unspecified atom stereocenters. The van der Waals surface area contributed by atoms with E-state index in [-0.39, 0.29) is 19.0 Å². The third-order valence-electron chi connectivity index (χ3n) is 4.27. The van der Waals surface area contributed by atoms with Crippen molar-refractivity contribution in [2.24, 2.45) is 0 Å². The third kappa shape index (κ3) is 4.97. The van der Waals surface area contributed by atoms with Crippen molar-refractivity contribution in [1.82, 2.24) is 0 Å². The highest BCUT2D eigenvalue weighted by atomic mass is 16.5. The predicted octanol–water partition coefficient (Wildman–Crippen LogP) is 3.00. The SMILES string of the molecule is CC/C(C)=C/Cc1c(C)c(OCCCOC)c(CO)c(CO)c1O. The number of rotatable bonds is 10. The second-order valence-electron chi connectivity index (χ2n) is 5.86. The maximum atomic E-state index is 10.5. The van der Waals surface area contributed by atoms with Gasteiger partial charge in [0.15, 0.2) is 0 Å². The number of aliphatic hydroxyl groups excluding tert-OH is 2. The van der Waals surface area contributed by atoms with E-state index < -0.39 is 0 Å². The van der Waals surface area contributed by atoms with Crippen molar-refractivity contribution in [2.45, 2.75) is 53.2 Å². The number of aliphatic hydroxyl groups is 2. The number of hydrogen-bond acceptors (Lipinski definition) is 5. The van der Waals surface area contributed by atoms with E-state index in [4.69, 9.17) is 9.47 Å². The van der Waals surface area contributed by atoms with Crippen LogP contribution in [0.2, 0.25) is 0 Å². The smallest absolute Gasteiger partial charge is 0.128 e. The molecule has 0 aliphatic heterocycles. The summed E-state index contributed by atoms with van der Waals surface area (Å²) in [6.45, 7) is 6.38. The van der Waals surface area contributed by atoms with Crippen LogP contribution >= 0.6 is 0 Å². The number of ether oxygens (including phenoxy) is 2. The van der Waals surface area contributed by atoms with Crippen molar-refractivity contribution >= 4 is 0 Å². The van der Waals surface area contributed by atoms with Crippen molar-refractivity contribution in [3.05, 3.63) is 33.9 Å². The van der Waals surface area contributed by atoms with E-state index in [1.807, 2.05) is 13.8 Å². The van der Waals surface area contributed by atoms with E-state index in [1.54, 1.807) is 7.11 Å². The summed E-state index contributed by atoms with van der Waals surface area (Å²) in [6.07, 6.45) is 4.29. The summed E-state index contributed by atoms with van der Waals surface area (Å²) < 4.78 is 10.9. The first-order valence-electron chi connectivity index (χ1n) is 8.36. The summed E-state index contributed by atoms with van der Waals surface area (Å²) in [5.74, 6) is 0.594. The van der Waals surface area contributed by atoms with Gasteiger partial charge >= 0.3 is 0 Å². The molecule has 3 N–H and O–H groups in total. The maximum Gasteiger partial charge on any atom is 0.128 e. The molecule has 24 heavy (non-hydrogen) atoms. The molecule has 1 aromatic rings. The third-order valence-corrected chi connectivity index (χ3v) is 4.27. The summed E-state index contributed by atoms with van der Waals surface area (Å²) in [4.78, 5) is 0. The Hall–Kier alpha value is -1.56. The summed E-state index contributed by atoms with van der Waals surface area (Å²) in [5, 5.41) is 29.9. The summed E-state index contributed by atoms with van der Waals surface area (Å²) in [7, 11) is 1.63. The second-order valence-corrected chi connectivity index (χ2v) is 5.86. The lowest BCUT2D eigenvalue weighted by Gasteiger charge is -2.21. The molecule has 0 heterocycles. The van der Waals surface area contributed by atoms with Gasteiger partial charge in [0.1, 0.15) is 11.5 Å². The Kier molecular flexibility index (Phi) is 8.82. The zero-order valence-electron chi connectivity index (χ0n) is 15.2. The van der Waals surface area contributed by atoms with Crippen LogP contribution in [0.4, 0.5) is 0 Å². The molecule has 1 rings (SSSR count). The number of allylic oxidation sites excluding steroid dienone is 2. The fourth-order valence-corrected chi connectivity index (χ4v) is 2.58.